The molecule has 1 aliphatic rings. The van der Waals surface area contributed by atoms with Crippen molar-refractivity contribution in [2.24, 2.45) is 0 Å². The second kappa shape index (κ2) is 5.93. The molecule has 1 saturated heterocycles. The van der Waals surface area contributed by atoms with Crippen LogP contribution in [-0.4, -0.2) is 65.2 Å². The van der Waals surface area contributed by atoms with Gasteiger partial charge in [-0.1, -0.05) is 0 Å². The number of amides is 2. The Labute approximate surface area is 116 Å². The Morgan fingerprint density at radius 3 is 2.55 bits per heavy atom. The van der Waals surface area contributed by atoms with E-state index in [1.165, 1.54) is 0 Å². The smallest absolute Gasteiger partial charge is 0.354 e. The number of hydrogen-bond donors (Lipinski definition) is 4. The minimum atomic E-state index is -1.10. The highest BCUT2D eigenvalue weighted by molar-refractivity contribution is 5.98. The van der Waals surface area contributed by atoms with Gasteiger partial charge in [0.05, 0.1) is 5.69 Å². The summed E-state index contributed by atoms with van der Waals surface area (Å²) in [6, 6.07) is 1.16. The third-order valence-corrected chi connectivity index (χ3v) is 3.18. The van der Waals surface area contributed by atoms with E-state index in [1.54, 1.807) is 13.0 Å². The molecule has 0 atom stereocenters. The molecule has 1 aromatic rings. The molecule has 8 heteroatoms. The number of hydrogen-bond acceptors (Lipinski definition) is 4. The molecule has 0 unspecified atom stereocenters. The van der Waals surface area contributed by atoms with Crippen LogP contribution in [0.5, 0.6) is 0 Å². The molecule has 0 saturated carbocycles. The number of anilines is 1. The average molecular weight is 281 g/mol. The van der Waals surface area contributed by atoms with E-state index in [2.05, 4.69) is 20.6 Å². The molecular weight excluding hydrogens is 262 g/mol. The van der Waals surface area contributed by atoms with Crippen LogP contribution in [0.25, 0.3) is 0 Å². The lowest BCUT2D eigenvalue weighted by molar-refractivity contribution is 0.0692. The van der Waals surface area contributed by atoms with Gasteiger partial charge in [0.1, 0.15) is 5.69 Å². The topological polar surface area (TPSA) is 101 Å². The molecule has 1 aromatic heterocycles. The minimum absolute atomic E-state index is 0.0176. The minimum Gasteiger partial charge on any atom is -0.477 e. The number of aromatic nitrogens is 1. The molecule has 110 valence electrons. The SMILES string of the molecule is Cc1cc(NC(=O)NN2CCN(C)CC2)c(C(=O)O)[nH]1. The average Bonchev–Trinajstić information content (AvgIpc) is 2.73. The summed E-state index contributed by atoms with van der Waals surface area (Å²) in [6.07, 6.45) is 0. The molecular formula is C12H19N5O3. The fourth-order valence-corrected chi connectivity index (χ4v) is 2.07. The molecule has 0 bridgehead atoms. The van der Waals surface area contributed by atoms with Gasteiger partial charge in [-0.15, -0.1) is 0 Å². The van der Waals surface area contributed by atoms with Crippen LogP contribution in [0.15, 0.2) is 6.07 Å². The summed E-state index contributed by atoms with van der Waals surface area (Å²) in [7, 11) is 2.03. The van der Waals surface area contributed by atoms with Crippen LogP contribution in [0.3, 0.4) is 0 Å². The quantitative estimate of drug-likeness (QED) is 0.638. The first-order valence-corrected chi connectivity index (χ1v) is 6.39. The van der Waals surface area contributed by atoms with E-state index in [0.29, 0.717) is 5.69 Å². The molecule has 0 aromatic carbocycles. The van der Waals surface area contributed by atoms with Gasteiger partial charge in [0, 0.05) is 31.9 Å². The number of aryl methyl sites for hydroxylation is 1. The van der Waals surface area contributed by atoms with Gasteiger partial charge in [0.15, 0.2) is 0 Å². The van der Waals surface area contributed by atoms with Crippen molar-refractivity contribution in [3.8, 4) is 0 Å². The Kier molecular flexibility index (Phi) is 4.26. The van der Waals surface area contributed by atoms with Gasteiger partial charge in [-0.05, 0) is 20.0 Å². The van der Waals surface area contributed by atoms with Gasteiger partial charge in [0.25, 0.3) is 0 Å². The Balaban J connectivity index is 1.93. The number of urea groups is 1. The predicted octanol–water partition coefficient (Wildman–Crippen LogP) is 0.305. The number of rotatable bonds is 3. The van der Waals surface area contributed by atoms with Crippen LogP contribution in [0.2, 0.25) is 0 Å². The molecule has 8 nitrogen and oxygen atoms in total. The summed E-state index contributed by atoms with van der Waals surface area (Å²) in [5, 5.41) is 13.4. The predicted molar refractivity (Wildman–Crippen MR) is 73.7 cm³/mol. The van der Waals surface area contributed by atoms with E-state index in [4.69, 9.17) is 5.11 Å². The van der Waals surface area contributed by atoms with Crippen molar-refractivity contribution >= 4 is 17.7 Å². The van der Waals surface area contributed by atoms with Crippen LogP contribution in [0, 0.1) is 6.92 Å². The van der Waals surface area contributed by atoms with Gasteiger partial charge in [0.2, 0.25) is 0 Å². The normalized spacial score (nSPS) is 16.9. The van der Waals surface area contributed by atoms with E-state index in [1.807, 2.05) is 12.1 Å². The van der Waals surface area contributed by atoms with Crippen molar-refractivity contribution in [3.63, 3.8) is 0 Å². The monoisotopic (exact) mass is 281 g/mol. The fraction of sp³-hybridized carbons (Fsp3) is 0.500. The van der Waals surface area contributed by atoms with Gasteiger partial charge in [-0.25, -0.2) is 14.6 Å². The summed E-state index contributed by atoms with van der Waals surface area (Å²) >= 11 is 0. The highest BCUT2D eigenvalue weighted by Gasteiger charge is 2.18. The summed E-state index contributed by atoms with van der Waals surface area (Å²) in [6.45, 7) is 4.97. The van der Waals surface area contributed by atoms with Crippen molar-refractivity contribution in [2.75, 3.05) is 38.5 Å². The van der Waals surface area contributed by atoms with Crippen LogP contribution in [0.1, 0.15) is 16.2 Å². The highest BCUT2D eigenvalue weighted by atomic mass is 16.4. The van der Waals surface area contributed by atoms with Crippen molar-refractivity contribution in [2.45, 2.75) is 6.92 Å². The lowest BCUT2D eigenvalue weighted by Gasteiger charge is -2.32. The van der Waals surface area contributed by atoms with Gasteiger partial charge in [-0.2, -0.15) is 0 Å². The number of hydrazine groups is 1. The molecule has 0 aliphatic carbocycles. The Morgan fingerprint density at radius 1 is 1.30 bits per heavy atom. The number of carboxylic acids is 1. The molecule has 1 fully saturated rings. The lowest BCUT2D eigenvalue weighted by atomic mass is 10.3. The van der Waals surface area contributed by atoms with Crippen LogP contribution in [-0.2, 0) is 0 Å². The molecule has 2 heterocycles. The second-order valence-corrected chi connectivity index (χ2v) is 4.90. The van der Waals surface area contributed by atoms with Crippen molar-refractivity contribution in [1.29, 1.82) is 0 Å². The van der Waals surface area contributed by atoms with E-state index in [0.717, 1.165) is 26.2 Å². The summed E-state index contributed by atoms with van der Waals surface area (Å²) in [5.74, 6) is -1.10. The van der Waals surface area contributed by atoms with Crippen molar-refractivity contribution in [3.05, 3.63) is 17.5 Å². The summed E-state index contributed by atoms with van der Waals surface area (Å²) < 4.78 is 0. The molecule has 4 N–H and O–H groups in total. The fourth-order valence-electron chi connectivity index (χ4n) is 2.07. The number of carbonyl (C=O) groups excluding carboxylic acids is 1. The van der Waals surface area contributed by atoms with E-state index in [-0.39, 0.29) is 11.4 Å². The highest BCUT2D eigenvalue weighted by Crippen LogP contribution is 2.16. The number of piperazine rings is 1. The Bertz CT molecular complexity index is 505. The first kappa shape index (κ1) is 14.4. The van der Waals surface area contributed by atoms with Gasteiger partial charge in [-0.3, -0.25) is 5.43 Å². The van der Waals surface area contributed by atoms with Crippen molar-refractivity contribution in [1.82, 2.24) is 20.3 Å². The number of H-pyrrole nitrogens is 1. The molecule has 1 aliphatic heterocycles. The van der Waals surface area contributed by atoms with Crippen LogP contribution < -0.4 is 10.7 Å². The molecule has 2 amide bonds. The first-order chi connectivity index (χ1) is 9.45. The van der Waals surface area contributed by atoms with Crippen LogP contribution >= 0.6 is 0 Å². The summed E-state index contributed by atoms with van der Waals surface area (Å²) in [4.78, 5) is 27.8. The van der Waals surface area contributed by atoms with E-state index >= 15 is 0 Å². The zero-order valence-corrected chi connectivity index (χ0v) is 11.6. The number of carboxylic acid groups (broad SMARTS) is 1. The Morgan fingerprint density at radius 2 is 1.95 bits per heavy atom. The first-order valence-electron chi connectivity index (χ1n) is 6.39. The number of aromatic amines is 1. The number of nitrogens with zero attached hydrogens (tertiary/aromatic N) is 2. The van der Waals surface area contributed by atoms with Gasteiger partial charge < -0.3 is 20.3 Å². The van der Waals surface area contributed by atoms with Crippen molar-refractivity contribution < 1.29 is 14.7 Å². The summed E-state index contributed by atoms with van der Waals surface area (Å²) in [5.41, 5.74) is 3.64. The van der Waals surface area contributed by atoms with E-state index < -0.39 is 12.0 Å². The Hall–Kier alpha value is -2.06. The third-order valence-electron chi connectivity index (χ3n) is 3.18. The lowest BCUT2D eigenvalue weighted by Crippen LogP contribution is -2.53. The standard InChI is InChI=1S/C12H19N5O3/c1-8-7-9(10(13-8)11(18)19)14-12(20)15-17-5-3-16(2)4-6-17/h7,13H,3-6H2,1-2H3,(H,18,19)(H2,14,15,20). The zero-order chi connectivity index (χ0) is 14.7. The number of nitrogens with one attached hydrogen (secondary N) is 3. The largest absolute Gasteiger partial charge is 0.477 e. The number of carbonyl (C=O) groups is 2. The third kappa shape index (κ3) is 3.49. The zero-order valence-electron chi connectivity index (χ0n) is 11.6. The number of aromatic carboxylic acids is 1. The van der Waals surface area contributed by atoms with E-state index in [9.17, 15) is 9.59 Å². The maximum atomic E-state index is 11.9. The van der Waals surface area contributed by atoms with Crippen LogP contribution in [0.4, 0.5) is 10.5 Å². The maximum absolute atomic E-state index is 11.9. The number of likely N-dealkylation sites (N-methyl/N-ethyl adjacent to an activating group) is 1. The maximum Gasteiger partial charge on any atom is 0.354 e. The van der Waals surface area contributed by atoms with Gasteiger partial charge >= 0.3 is 12.0 Å². The molecule has 0 radical (unpaired) electrons. The second-order valence-electron chi connectivity index (χ2n) is 4.90. The molecule has 0 spiro atoms. The molecule has 2 rings (SSSR count). The molecule has 20 heavy (non-hydrogen) atoms.